The molecule has 0 bridgehead atoms. The molecule has 2 aromatic rings. The van der Waals surface area contributed by atoms with Crippen LogP contribution in [0, 0.1) is 0 Å². The third-order valence-corrected chi connectivity index (χ3v) is 4.35. The minimum atomic E-state index is -0.959. The number of aromatic nitrogens is 1. The summed E-state index contributed by atoms with van der Waals surface area (Å²) in [6, 6.07) is 6.51. The average Bonchev–Trinajstić information content (AvgIpc) is 2.97. The zero-order valence-corrected chi connectivity index (χ0v) is 13.6. The van der Waals surface area contributed by atoms with Crippen LogP contribution in [0.5, 0.6) is 0 Å². The summed E-state index contributed by atoms with van der Waals surface area (Å²) in [5.74, 6) is -0.787. The smallest absolute Gasteiger partial charge is 0.335 e. The van der Waals surface area contributed by atoms with E-state index in [1.165, 1.54) is 23.5 Å². The van der Waals surface area contributed by atoms with Crippen molar-refractivity contribution in [2.24, 2.45) is 0 Å². The monoisotopic (exact) mass is 318 g/mol. The van der Waals surface area contributed by atoms with Crippen LogP contribution >= 0.6 is 11.3 Å². The molecular weight excluding hydrogens is 300 g/mol. The predicted molar refractivity (Wildman–Crippen MR) is 85.4 cm³/mol. The fourth-order valence-corrected chi connectivity index (χ4v) is 2.75. The highest BCUT2D eigenvalue weighted by Crippen LogP contribution is 2.20. The van der Waals surface area contributed by atoms with E-state index in [4.69, 9.17) is 5.11 Å². The van der Waals surface area contributed by atoms with Gasteiger partial charge in [0.25, 0.3) is 5.91 Å². The first-order valence-corrected chi connectivity index (χ1v) is 7.79. The van der Waals surface area contributed by atoms with Crippen molar-refractivity contribution in [2.45, 2.75) is 26.3 Å². The fourth-order valence-electron chi connectivity index (χ4n) is 1.94. The molecule has 1 aromatic heterocycles. The van der Waals surface area contributed by atoms with Gasteiger partial charge in [0.1, 0.15) is 5.69 Å². The van der Waals surface area contributed by atoms with Crippen LogP contribution in [0.2, 0.25) is 0 Å². The SMILES string of the molecule is CC(C)c1nc(C(=O)N(C)Cc2ccc(C(=O)O)cc2)cs1. The first-order valence-electron chi connectivity index (χ1n) is 6.91. The van der Waals surface area contributed by atoms with E-state index in [2.05, 4.69) is 4.98 Å². The van der Waals surface area contributed by atoms with Gasteiger partial charge in [-0.05, 0) is 17.7 Å². The van der Waals surface area contributed by atoms with E-state index < -0.39 is 5.97 Å². The van der Waals surface area contributed by atoms with Gasteiger partial charge in [0.05, 0.1) is 10.6 Å². The van der Waals surface area contributed by atoms with Crippen molar-refractivity contribution in [3.8, 4) is 0 Å². The summed E-state index contributed by atoms with van der Waals surface area (Å²) < 4.78 is 0. The normalized spacial score (nSPS) is 10.7. The zero-order chi connectivity index (χ0) is 16.3. The molecule has 0 saturated carbocycles. The minimum absolute atomic E-state index is 0.134. The molecule has 1 N–H and O–H groups in total. The third-order valence-electron chi connectivity index (χ3n) is 3.20. The summed E-state index contributed by atoms with van der Waals surface area (Å²) in [4.78, 5) is 29.1. The maximum Gasteiger partial charge on any atom is 0.335 e. The van der Waals surface area contributed by atoms with Crippen LogP contribution in [0.4, 0.5) is 0 Å². The van der Waals surface area contributed by atoms with Crippen molar-refractivity contribution in [3.63, 3.8) is 0 Å². The van der Waals surface area contributed by atoms with Crippen LogP contribution in [0.15, 0.2) is 29.6 Å². The minimum Gasteiger partial charge on any atom is -0.478 e. The highest BCUT2D eigenvalue weighted by Gasteiger charge is 2.17. The predicted octanol–water partition coefficient (Wildman–Crippen LogP) is 3.24. The average molecular weight is 318 g/mol. The Balaban J connectivity index is 2.05. The Morgan fingerprint density at radius 2 is 1.91 bits per heavy atom. The molecule has 0 aliphatic carbocycles. The highest BCUT2D eigenvalue weighted by atomic mass is 32.1. The molecule has 0 saturated heterocycles. The molecule has 2 rings (SSSR count). The van der Waals surface area contributed by atoms with Gasteiger partial charge < -0.3 is 10.0 Å². The van der Waals surface area contributed by atoms with Gasteiger partial charge in [-0.15, -0.1) is 11.3 Å². The number of hydrogen-bond donors (Lipinski definition) is 1. The Labute approximate surface area is 133 Å². The number of benzene rings is 1. The van der Waals surface area contributed by atoms with E-state index in [9.17, 15) is 9.59 Å². The Morgan fingerprint density at radius 1 is 1.27 bits per heavy atom. The van der Waals surface area contributed by atoms with Gasteiger partial charge >= 0.3 is 5.97 Å². The summed E-state index contributed by atoms with van der Waals surface area (Å²) in [6.45, 7) is 4.49. The molecule has 1 amide bonds. The number of amides is 1. The van der Waals surface area contributed by atoms with Crippen LogP contribution in [0.25, 0.3) is 0 Å². The first-order chi connectivity index (χ1) is 10.4. The molecular formula is C16H18N2O3S. The van der Waals surface area contributed by atoms with Gasteiger partial charge in [0.2, 0.25) is 0 Å². The fraction of sp³-hybridized carbons (Fsp3) is 0.312. The molecule has 1 heterocycles. The summed E-state index contributed by atoms with van der Waals surface area (Å²) in [6.07, 6.45) is 0. The number of carboxylic acid groups (broad SMARTS) is 1. The van der Waals surface area contributed by atoms with E-state index in [0.29, 0.717) is 18.2 Å². The second kappa shape index (κ2) is 6.70. The van der Waals surface area contributed by atoms with Gasteiger partial charge in [0, 0.05) is 24.9 Å². The highest BCUT2D eigenvalue weighted by molar-refractivity contribution is 7.09. The lowest BCUT2D eigenvalue weighted by atomic mass is 10.1. The van der Waals surface area contributed by atoms with Crippen molar-refractivity contribution in [1.82, 2.24) is 9.88 Å². The Kier molecular flexibility index (Phi) is 4.92. The van der Waals surface area contributed by atoms with Gasteiger partial charge in [-0.2, -0.15) is 0 Å². The second-order valence-electron chi connectivity index (χ2n) is 5.39. The van der Waals surface area contributed by atoms with E-state index in [1.807, 2.05) is 13.8 Å². The van der Waals surface area contributed by atoms with E-state index in [-0.39, 0.29) is 11.5 Å². The maximum atomic E-state index is 12.3. The van der Waals surface area contributed by atoms with Gasteiger partial charge in [-0.1, -0.05) is 26.0 Å². The van der Waals surface area contributed by atoms with Crippen molar-refractivity contribution < 1.29 is 14.7 Å². The van der Waals surface area contributed by atoms with E-state index in [0.717, 1.165) is 10.6 Å². The molecule has 0 spiro atoms. The van der Waals surface area contributed by atoms with Gasteiger partial charge in [0.15, 0.2) is 0 Å². The molecule has 116 valence electrons. The van der Waals surface area contributed by atoms with Crippen molar-refractivity contribution in [2.75, 3.05) is 7.05 Å². The lowest BCUT2D eigenvalue weighted by Crippen LogP contribution is -2.26. The number of carboxylic acids is 1. The molecule has 0 aliphatic rings. The largest absolute Gasteiger partial charge is 0.478 e. The molecule has 0 unspecified atom stereocenters. The molecule has 0 fully saturated rings. The van der Waals surface area contributed by atoms with Crippen LogP contribution in [-0.4, -0.2) is 33.9 Å². The van der Waals surface area contributed by atoms with Gasteiger partial charge in [-0.3, -0.25) is 4.79 Å². The quantitative estimate of drug-likeness (QED) is 0.919. The molecule has 22 heavy (non-hydrogen) atoms. The molecule has 1 aromatic carbocycles. The third kappa shape index (κ3) is 3.71. The van der Waals surface area contributed by atoms with Crippen molar-refractivity contribution in [1.29, 1.82) is 0 Å². The molecule has 0 aliphatic heterocycles. The molecule has 0 atom stereocenters. The summed E-state index contributed by atoms with van der Waals surface area (Å²) in [5.41, 5.74) is 1.57. The first kappa shape index (κ1) is 16.2. The lowest BCUT2D eigenvalue weighted by Gasteiger charge is -2.16. The summed E-state index contributed by atoms with van der Waals surface area (Å²) in [7, 11) is 1.71. The second-order valence-corrected chi connectivity index (χ2v) is 6.28. The molecule has 5 nitrogen and oxygen atoms in total. The summed E-state index contributed by atoms with van der Waals surface area (Å²) >= 11 is 1.49. The van der Waals surface area contributed by atoms with E-state index in [1.54, 1.807) is 29.5 Å². The number of thiazole rings is 1. The number of aromatic carboxylic acids is 1. The number of hydrogen-bond acceptors (Lipinski definition) is 4. The number of carbonyl (C=O) groups is 2. The Bertz CT molecular complexity index is 677. The van der Waals surface area contributed by atoms with Crippen LogP contribution in [0.1, 0.15) is 51.2 Å². The molecule has 6 heteroatoms. The van der Waals surface area contributed by atoms with E-state index >= 15 is 0 Å². The topological polar surface area (TPSA) is 70.5 Å². The number of carbonyl (C=O) groups excluding carboxylic acids is 1. The number of nitrogens with zero attached hydrogens (tertiary/aromatic N) is 2. The zero-order valence-electron chi connectivity index (χ0n) is 12.7. The summed E-state index contributed by atoms with van der Waals surface area (Å²) in [5, 5.41) is 11.6. The maximum absolute atomic E-state index is 12.3. The Hall–Kier alpha value is -2.21. The van der Waals surface area contributed by atoms with Crippen LogP contribution in [0.3, 0.4) is 0 Å². The number of rotatable bonds is 5. The van der Waals surface area contributed by atoms with Crippen LogP contribution in [-0.2, 0) is 6.54 Å². The molecule has 0 radical (unpaired) electrons. The van der Waals surface area contributed by atoms with Gasteiger partial charge in [-0.25, -0.2) is 9.78 Å². The lowest BCUT2D eigenvalue weighted by molar-refractivity contribution is 0.0695. The standard InChI is InChI=1S/C16H18N2O3S/c1-10(2)14-17-13(9-22-14)15(19)18(3)8-11-4-6-12(7-5-11)16(20)21/h4-7,9-10H,8H2,1-3H3,(H,20,21). The Morgan fingerprint density at radius 3 is 2.41 bits per heavy atom. The van der Waals surface area contributed by atoms with Crippen molar-refractivity contribution in [3.05, 3.63) is 51.5 Å². The van der Waals surface area contributed by atoms with Crippen LogP contribution < -0.4 is 0 Å². The van der Waals surface area contributed by atoms with Crippen molar-refractivity contribution >= 4 is 23.2 Å².